The van der Waals surface area contributed by atoms with Gasteiger partial charge < -0.3 is 25.9 Å². The summed E-state index contributed by atoms with van der Waals surface area (Å²) in [6, 6.07) is -1.13. The van der Waals surface area contributed by atoms with Crippen LogP contribution in [-0.4, -0.2) is 111 Å². The van der Waals surface area contributed by atoms with Crippen LogP contribution in [0.25, 0.3) is 0 Å². The fourth-order valence-electron chi connectivity index (χ4n) is 4.98. The molecule has 0 bridgehead atoms. The van der Waals surface area contributed by atoms with Crippen LogP contribution in [0.2, 0.25) is 0 Å². The van der Waals surface area contributed by atoms with Crippen LogP contribution >= 0.6 is 11.8 Å². The molecule has 5 amide bonds. The molecule has 2 unspecified atom stereocenters. The number of carboxylic acids is 1. The van der Waals surface area contributed by atoms with Gasteiger partial charge >= 0.3 is 18.0 Å². The van der Waals surface area contributed by atoms with Gasteiger partial charge in [-0.2, -0.15) is 16.8 Å². The van der Waals surface area contributed by atoms with Crippen LogP contribution in [0.5, 0.6) is 0 Å². The highest BCUT2D eigenvalue weighted by molar-refractivity contribution is 8.01. The molecule has 0 aromatic carbocycles. The van der Waals surface area contributed by atoms with Crippen molar-refractivity contribution >= 4 is 67.7 Å². The van der Waals surface area contributed by atoms with E-state index in [1.165, 1.54) is 11.8 Å². The monoisotopic (exact) mass is 658 g/mol. The molecule has 0 aromatic rings. The number of carbonyl (C=O) groups excluding carboxylic acids is 5. The molecule has 0 aromatic heterocycles. The lowest BCUT2D eigenvalue weighted by atomic mass is 9.88. The maximum Gasteiger partial charge on any atom is 0.333 e. The molecule has 3 rings (SSSR count). The number of hydrogen-bond acceptors (Lipinski definition) is 12. The van der Waals surface area contributed by atoms with E-state index in [0.717, 1.165) is 0 Å². The van der Waals surface area contributed by atoms with Gasteiger partial charge in [-0.05, 0) is 25.7 Å². The average molecular weight is 659 g/mol. The van der Waals surface area contributed by atoms with Crippen LogP contribution in [0.3, 0.4) is 0 Å². The normalized spacial score (nSPS) is 27.4. The van der Waals surface area contributed by atoms with Gasteiger partial charge in [0.2, 0.25) is 5.91 Å². The lowest BCUT2D eigenvalue weighted by Crippen LogP contribution is -2.56. The van der Waals surface area contributed by atoms with Gasteiger partial charge in [0, 0.05) is 25.1 Å². The number of nitrogens with one attached hydrogen (secondary N) is 3. The van der Waals surface area contributed by atoms with Gasteiger partial charge in [-0.15, -0.1) is 11.8 Å². The van der Waals surface area contributed by atoms with Crippen molar-refractivity contribution in [1.82, 2.24) is 21.0 Å². The summed E-state index contributed by atoms with van der Waals surface area (Å²) in [5, 5.41) is 11.0. The van der Waals surface area contributed by atoms with E-state index in [-0.39, 0.29) is 37.4 Å². The zero-order valence-corrected chi connectivity index (χ0v) is 24.3. The third kappa shape index (κ3) is 7.49. The Morgan fingerprint density at radius 2 is 1.52 bits per heavy atom. The van der Waals surface area contributed by atoms with Crippen LogP contribution < -0.4 is 16.0 Å². The molecular formula is C21H30N4O14S3. The molecular weight excluding hydrogens is 628 g/mol. The predicted octanol–water partition coefficient (Wildman–Crippen LogP) is -1.82. The Morgan fingerprint density at radius 3 is 2.10 bits per heavy atom. The number of imide groups is 1. The summed E-state index contributed by atoms with van der Waals surface area (Å²) >= 11 is 1.38. The molecule has 18 nitrogen and oxygen atoms in total. The molecule has 3 fully saturated rings. The third-order valence-corrected chi connectivity index (χ3v) is 11.0. The Morgan fingerprint density at radius 1 is 0.929 bits per heavy atom. The summed E-state index contributed by atoms with van der Waals surface area (Å²) < 4.78 is 63.0. The van der Waals surface area contributed by atoms with Crippen molar-refractivity contribution in [3.8, 4) is 0 Å². The highest BCUT2D eigenvalue weighted by Gasteiger charge is 2.62. The highest BCUT2D eigenvalue weighted by atomic mass is 32.2. The molecule has 3 aliphatic heterocycles. The molecule has 0 saturated carbocycles. The maximum absolute atomic E-state index is 13.2. The minimum Gasteiger partial charge on any atom is -0.481 e. The van der Waals surface area contributed by atoms with Gasteiger partial charge in [-0.3, -0.25) is 28.3 Å². The molecule has 3 saturated heterocycles. The van der Waals surface area contributed by atoms with E-state index in [9.17, 15) is 45.6 Å². The molecule has 6 N–H and O–H groups in total. The van der Waals surface area contributed by atoms with Crippen LogP contribution in [0.4, 0.5) is 4.79 Å². The Kier molecular flexibility index (Phi) is 10.4. The maximum atomic E-state index is 13.2. The van der Waals surface area contributed by atoms with E-state index in [1.807, 2.05) is 0 Å². The first-order valence-electron chi connectivity index (χ1n) is 12.7. The van der Waals surface area contributed by atoms with Crippen molar-refractivity contribution in [2.24, 2.45) is 0 Å². The summed E-state index contributed by atoms with van der Waals surface area (Å²) in [5.74, 6) is -5.71. The number of rotatable bonds is 15. The van der Waals surface area contributed by atoms with Crippen molar-refractivity contribution in [2.45, 2.75) is 78.7 Å². The smallest absolute Gasteiger partial charge is 0.333 e. The first-order valence-corrected chi connectivity index (χ1v) is 16.7. The van der Waals surface area contributed by atoms with E-state index in [1.54, 1.807) is 0 Å². The predicted molar refractivity (Wildman–Crippen MR) is 141 cm³/mol. The summed E-state index contributed by atoms with van der Waals surface area (Å²) in [7, 11) is -10.9. The molecule has 0 spiro atoms. The molecule has 0 aliphatic carbocycles. The summed E-state index contributed by atoms with van der Waals surface area (Å²) in [6.45, 7) is 0.180. The van der Waals surface area contributed by atoms with Gasteiger partial charge in [0.1, 0.15) is 4.75 Å². The fraction of sp³-hybridized carbons (Fsp3) is 0.714. The topological polar surface area (TPSA) is 280 Å². The quantitative estimate of drug-likeness (QED) is 0.0489. The lowest BCUT2D eigenvalue weighted by molar-refractivity contribution is -0.197. The van der Waals surface area contributed by atoms with Gasteiger partial charge in [0.15, 0.2) is 10.5 Å². The number of unbranched alkanes of at least 4 members (excludes halogenated alkanes) is 3. The molecule has 42 heavy (non-hydrogen) atoms. The largest absolute Gasteiger partial charge is 0.481 e. The van der Waals surface area contributed by atoms with E-state index < -0.39 is 76.8 Å². The minimum absolute atomic E-state index is 0.0498. The summed E-state index contributed by atoms with van der Waals surface area (Å²) in [4.78, 5) is 76.9. The Hall–Kier alpha value is -3.01. The summed E-state index contributed by atoms with van der Waals surface area (Å²) in [6.07, 6.45) is 1.53. The second kappa shape index (κ2) is 13.1. The second-order valence-corrected chi connectivity index (χ2v) is 14.3. The van der Waals surface area contributed by atoms with Crippen LogP contribution in [0.1, 0.15) is 51.4 Å². The first kappa shape index (κ1) is 33.5. The first-order chi connectivity index (χ1) is 19.5. The van der Waals surface area contributed by atoms with E-state index in [0.29, 0.717) is 37.9 Å². The van der Waals surface area contributed by atoms with Gasteiger partial charge in [0.05, 0.1) is 12.1 Å². The average Bonchev–Trinajstić information content (AvgIpc) is 3.49. The number of aliphatic carboxylic acids is 1. The van der Waals surface area contributed by atoms with Crippen LogP contribution in [0.15, 0.2) is 0 Å². The van der Waals surface area contributed by atoms with Crippen molar-refractivity contribution in [3.05, 3.63) is 0 Å². The third-order valence-electron chi connectivity index (χ3n) is 6.94. The number of nitrogens with zero attached hydrogens (tertiary/aromatic N) is 1. The lowest BCUT2D eigenvalue weighted by Gasteiger charge is -2.32. The Labute approximate surface area is 244 Å². The zero-order chi connectivity index (χ0) is 31.5. The second-order valence-electron chi connectivity index (χ2n) is 9.88. The molecule has 236 valence electrons. The number of hydroxylamine groups is 2. The van der Waals surface area contributed by atoms with E-state index >= 15 is 0 Å². The molecule has 0 radical (unpaired) electrons. The van der Waals surface area contributed by atoms with Crippen molar-refractivity contribution in [2.75, 3.05) is 12.3 Å². The number of urea groups is 1. The number of carbonyl (C=O) groups is 6. The molecule has 5 atom stereocenters. The standard InChI is InChI=1S/C21H30N4O14S3/c26-12(27)6-3-4-8-21(16-11(10-40-21)23-20(32)24-16)19(31)22-9-5-1-2-7-13(28)39-25-17(29)14(41(33,34)35)15(18(25)30)42(36,37)38/h11,14-16H,1-10H2,(H,22,31)(H,26,27)(H2,23,24,32)(H,33,34,35)(H,36,37,38)/t11-,14?,15?,16-,21-/m0/s1. The van der Waals surface area contributed by atoms with Crippen molar-refractivity contribution in [1.29, 1.82) is 0 Å². The van der Waals surface area contributed by atoms with Crippen LogP contribution in [0, 0.1) is 0 Å². The number of fused-ring (bicyclic) bond motifs is 1. The van der Waals surface area contributed by atoms with E-state index in [4.69, 9.17) is 14.2 Å². The Balaban J connectivity index is 1.47. The number of amides is 5. The van der Waals surface area contributed by atoms with Gasteiger partial charge in [-0.25, -0.2) is 9.59 Å². The number of thioether (sulfide) groups is 1. The Bertz CT molecular complexity index is 1300. The van der Waals surface area contributed by atoms with Gasteiger partial charge in [0.25, 0.3) is 32.1 Å². The SMILES string of the molecule is O=C(O)CCCC[C@]1(C(=O)NCCCCCC(=O)ON2C(=O)C(S(=O)(=O)O)C(S(=O)(=O)O)C2=O)SC[C@@H]2NC(=O)N[C@@H]21. The molecule has 3 heterocycles. The zero-order valence-electron chi connectivity index (χ0n) is 21.9. The summed E-state index contributed by atoms with van der Waals surface area (Å²) in [5.41, 5.74) is 0. The molecule has 3 aliphatic rings. The fourth-order valence-corrected chi connectivity index (χ4v) is 9.03. The van der Waals surface area contributed by atoms with Crippen LogP contribution in [-0.2, 0) is 49.0 Å². The number of hydrogen-bond donors (Lipinski definition) is 6. The molecule has 21 heteroatoms. The van der Waals surface area contributed by atoms with E-state index in [2.05, 4.69) is 20.8 Å². The van der Waals surface area contributed by atoms with Crippen molar-refractivity contribution < 1.29 is 64.7 Å². The van der Waals surface area contributed by atoms with Gasteiger partial charge in [-0.1, -0.05) is 17.9 Å². The minimum atomic E-state index is -5.47. The van der Waals surface area contributed by atoms with Crippen molar-refractivity contribution in [3.63, 3.8) is 0 Å². The number of carboxylic acid groups (broad SMARTS) is 1. The highest BCUT2D eigenvalue weighted by Crippen LogP contribution is 2.44.